The first-order chi connectivity index (χ1) is 8.12. The van der Waals surface area contributed by atoms with Gasteiger partial charge < -0.3 is 10.1 Å². The predicted molar refractivity (Wildman–Crippen MR) is 70.0 cm³/mol. The Morgan fingerprint density at radius 3 is 2.47 bits per heavy atom. The van der Waals surface area contributed by atoms with Crippen LogP contribution in [0.1, 0.15) is 33.6 Å². The lowest BCUT2D eigenvalue weighted by Crippen LogP contribution is -2.44. The average molecular weight is 235 g/mol. The molecule has 0 amide bonds. The largest absolute Gasteiger partial charge is 0.464 e. The van der Waals surface area contributed by atoms with Gasteiger partial charge in [0.1, 0.15) is 5.54 Å². The number of esters is 1. The van der Waals surface area contributed by atoms with Gasteiger partial charge in [-0.15, -0.1) is 0 Å². The SMILES string of the molecule is CCCC(C)(Nc1ccccc1)C(=O)OCC. The normalized spacial score (nSPS) is 13.8. The van der Waals surface area contributed by atoms with Crippen molar-refractivity contribution >= 4 is 11.7 Å². The van der Waals surface area contributed by atoms with Crippen molar-refractivity contribution in [1.82, 2.24) is 0 Å². The Kier molecular flexibility index (Phi) is 5.01. The van der Waals surface area contributed by atoms with Gasteiger partial charge in [-0.3, -0.25) is 0 Å². The molecule has 0 saturated heterocycles. The van der Waals surface area contributed by atoms with Crippen molar-refractivity contribution < 1.29 is 9.53 Å². The quantitative estimate of drug-likeness (QED) is 0.769. The van der Waals surface area contributed by atoms with E-state index >= 15 is 0 Å². The molecule has 0 saturated carbocycles. The van der Waals surface area contributed by atoms with Gasteiger partial charge in [0, 0.05) is 5.69 Å². The van der Waals surface area contributed by atoms with Gasteiger partial charge >= 0.3 is 5.97 Å². The lowest BCUT2D eigenvalue weighted by Gasteiger charge is -2.29. The summed E-state index contributed by atoms with van der Waals surface area (Å²) in [6.45, 7) is 6.19. The predicted octanol–water partition coefficient (Wildman–Crippen LogP) is 3.22. The highest BCUT2D eigenvalue weighted by Crippen LogP contribution is 2.21. The van der Waals surface area contributed by atoms with E-state index in [4.69, 9.17) is 4.74 Å². The van der Waals surface area contributed by atoms with Gasteiger partial charge in [0.15, 0.2) is 0 Å². The zero-order valence-corrected chi connectivity index (χ0v) is 10.8. The van der Waals surface area contributed by atoms with Crippen LogP contribution in [0.4, 0.5) is 5.69 Å². The van der Waals surface area contributed by atoms with Crippen LogP contribution in [-0.2, 0) is 9.53 Å². The van der Waals surface area contributed by atoms with Crippen molar-refractivity contribution in [1.29, 1.82) is 0 Å². The molecule has 0 aliphatic heterocycles. The second kappa shape index (κ2) is 6.28. The fourth-order valence-corrected chi connectivity index (χ4v) is 1.85. The number of carbonyl (C=O) groups excluding carboxylic acids is 1. The summed E-state index contributed by atoms with van der Waals surface area (Å²) in [6.07, 6.45) is 1.68. The van der Waals surface area contributed by atoms with Crippen LogP contribution >= 0.6 is 0 Å². The molecule has 17 heavy (non-hydrogen) atoms. The van der Waals surface area contributed by atoms with Gasteiger partial charge in [0.2, 0.25) is 0 Å². The van der Waals surface area contributed by atoms with Gasteiger partial charge in [0.05, 0.1) is 6.61 Å². The van der Waals surface area contributed by atoms with E-state index in [1.54, 1.807) is 0 Å². The summed E-state index contributed by atoms with van der Waals surface area (Å²) in [7, 11) is 0. The van der Waals surface area contributed by atoms with E-state index in [-0.39, 0.29) is 5.97 Å². The second-order valence-electron chi connectivity index (χ2n) is 4.29. The fraction of sp³-hybridized carbons (Fsp3) is 0.500. The van der Waals surface area contributed by atoms with E-state index in [0.717, 1.165) is 18.5 Å². The molecule has 0 aromatic heterocycles. The Bertz CT molecular complexity index is 350. The summed E-state index contributed by atoms with van der Waals surface area (Å²) in [5.74, 6) is -0.189. The number of para-hydroxylation sites is 1. The van der Waals surface area contributed by atoms with Crippen molar-refractivity contribution in [2.45, 2.75) is 39.2 Å². The van der Waals surface area contributed by atoms with Gasteiger partial charge in [-0.1, -0.05) is 31.5 Å². The van der Waals surface area contributed by atoms with Gasteiger partial charge in [-0.05, 0) is 32.4 Å². The maximum absolute atomic E-state index is 12.0. The smallest absolute Gasteiger partial charge is 0.331 e. The molecule has 3 nitrogen and oxygen atoms in total. The monoisotopic (exact) mass is 235 g/mol. The summed E-state index contributed by atoms with van der Waals surface area (Å²) >= 11 is 0. The Hall–Kier alpha value is -1.51. The topological polar surface area (TPSA) is 38.3 Å². The van der Waals surface area contributed by atoms with Crippen LogP contribution in [-0.4, -0.2) is 18.1 Å². The van der Waals surface area contributed by atoms with Crippen LogP contribution in [0.25, 0.3) is 0 Å². The van der Waals surface area contributed by atoms with Gasteiger partial charge in [-0.2, -0.15) is 0 Å². The van der Waals surface area contributed by atoms with Crippen molar-refractivity contribution in [3.05, 3.63) is 30.3 Å². The molecule has 1 aromatic carbocycles. The van der Waals surface area contributed by atoms with E-state index in [2.05, 4.69) is 12.2 Å². The van der Waals surface area contributed by atoms with E-state index < -0.39 is 5.54 Å². The molecule has 1 aromatic rings. The average Bonchev–Trinajstić information content (AvgIpc) is 2.31. The summed E-state index contributed by atoms with van der Waals surface area (Å²) in [6, 6.07) is 9.74. The Labute approximate surface area is 103 Å². The number of carbonyl (C=O) groups is 1. The molecule has 3 heteroatoms. The Morgan fingerprint density at radius 2 is 1.94 bits per heavy atom. The molecule has 1 rings (SSSR count). The zero-order chi connectivity index (χ0) is 12.7. The van der Waals surface area contributed by atoms with Crippen LogP contribution in [0, 0.1) is 0 Å². The molecule has 1 atom stereocenters. The third-order valence-corrected chi connectivity index (χ3v) is 2.67. The number of ether oxygens (including phenoxy) is 1. The van der Waals surface area contributed by atoms with Crippen molar-refractivity contribution in [3.63, 3.8) is 0 Å². The molecule has 1 unspecified atom stereocenters. The molecular weight excluding hydrogens is 214 g/mol. The van der Waals surface area contributed by atoms with E-state index in [1.165, 1.54) is 0 Å². The van der Waals surface area contributed by atoms with Crippen molar-refractivity contribution in [2.75, 3.05) is 11.9 Å². The first kappa shape index (κ1) is 13.6. The maximum atomic E-state index is 12.0. The summed E-state index contributed by atoms with van der Waals surface area (Å²) in [5, 5.41) is 3.27. The first-order valence-electron chi connectivity index (χ1n) is 6.13. The van der Waals surface area contributed by atoms with Crippen molar-refractivity contribution in [2.24, 2.45) is 0 Å². The molecule has 0 spiro atoms. The minimum Gasteiger partial charge on any atom is -0.464 e. The van der Waals surface area contributed by atoms with E-state index in [1.807, 2.05) is 44.2 Å². The summed E-state index contributed by atoms with van der Waals surface area (Å²) in [5.41, 5.74) is 0.294. The van der Waals surface area contributed by atoms with Crippen LogP contribution in [0.15, 0.2) is 30.3 Å². The van der Waals surface area contributed by atoms with Crippen LogP contribution < -0.4 is 5.32 Å². The number of hydrogen-bond acceptors (Lipinski definition) is 3. The Balaban J connectivity index is 2.81. The third-order valence-electron chi connectivity index (χ3n) is 2.67. The number of hydrogen-bond donors (Lipinski definition) is 1. The van der Waals surface area contributed by atoms with E-state index in [9.17, 15) is 4.79 Å². The van der Waals surface area contributed by atoms with E-state index in [0.29, 0.717) is 6.61 Å². The third kappa shape index (κ3) is 3.77. The standard InChI is InChI=1S/C14H21NO2/c1-4-11-14(3,13(16)17-5-2)15-12-9-7-6-8-10-12/h6-10,15H,4-5,11H2,1-3H3. The van der Waals surface area contributed by atoms with Crippen LogP contribution in [0.2, 0.25) is 0 Å². The molecule has 0 heterocycles. The van der Waals surface area contributed by atoms with Crippen LogP contribution in [0.3, 0.4) is 0 Å². The molecule has 1 N–H and O–H groups in total. The number of rotatable bonds is 6. The van der Waals surface area contributed by atoms with Crippen LogP contribution in [0.5, 0.6) is 0 Å². The minimum absolute atomic E-state index is 0.189. The molecule has 0 fully saturated rings. The lowest BCUT2D eigenvalue weighted by atomic mass is 9.95. The molecule has 94 valence electrons. The number of benzene rings is 1. The molecule has 0 radical (unpaired) electrons. The van der Waals surface area contributed by atoms with Crippen molar-refractivity contribution in [3.8, 4) is 0 Å². The second-order valence-corrected chi connectivity index (χ2v) is 4.29. The zero-order valence-electron chi connectivity index (χ0n) is 10.8. The molecular formula is C14H21NO2. The molecule has 0 aliphatic rings. The van der Waals surface area contributed by atoms with Gasteiger partial charge in [-0.25, -0.2) is 4.79 Å². The number of nitrogens with one attached hydrogen (secondary N) is 1. The molecule has 0 aliphatic carbocycles. The highest BCUT2D eigenvalue weighted by molar-refractivity contribution is 5.84. The highest BCUT2D eigenvalue weighted by atomic mass is 16.5. The lowest BCUT2D eigenvalue weighted by molar-refractivity contribution is -0.148. The fourth-order valence-electron chi connectivity index (χ4n) is 1.85. The summed E-state index contributed by atoms with van der Waals surface area (Å²) in [4.78, 5) is 12.0. The Morgan fingerprint density at radius 1 is 1.29 bits per heavy atom. The molecule has 0 bridgehead atoms. The van der Waals surface area contributed by atoms with Gasteiger partial charge in [0.25, 0.3) is 0 Å². The maximum Gasteiger partial charge on any atom is 0.331 e. The number of anilines is 1. The summed E-state index contributed by atoms with van der Waals surface area (Å²) < 4.78 is 5.13. The minimum atomic E-state index is -0.647. The first-order valence-corrected chi connectivity index (χ1v) is 6.13. The highest BCUT2D eigenvalue weighted by Gasteiger charge is 2.33.